The van der Waals surface area contributed by atoms with Crippen LogP contribution in [0.5, 0.6) is 0 Å². The lowest BCUT2D eigenvalue weighted by Crippen LogP contribution is -2.18. The van der Waals surface area contributed by atoms with Gasteiger partial charge in [-0.2, -0.15) is 0 Å². The van der Waals surface area contributed by atoms with Crippen molar-refractivity contribution in [3.8, 4) is 0 Å². The molecule has 0 saturated heterocycles. The van der Waals surface area contributed by atoms with Crippen LogP contribution in [0, 0.1) is 0 Å². The molecule has 0 spiro atoms. The summed E-state index contributed by atoms with van der Waals surface area (Å²) >= 11 is 0. The molecule has 2 aromatic carbocycles. The number of carbonyl (C=O) groups is 1. The third-order valence-electron chi connectivity index (χ3n) is 4.47. The summed E-state index contributed by atoms with van der Waals surface area (Å²) in [4.78, 5) is 12.7. The van der Waals surface area contributed by atoms with Crippen molar-refractivity contribution in [2.75, 3.05) is 5.32 Å². The summed E-state index contributed by atoms with van der Waals surface area (Å²) in [5, 5.41) is 3.12. The van der Waals surface area contributed by atoms with Crippen molar-refractivity contribution in [1.29, 1.82) is 0 Å². The van der Waals surface area contributed by atoms with Crippen molar-refractivity contribution in [3.05, 3.63) is 64.7 Å². The van der Waals surface area contributed by atoms with Gasteiger partial charge < -0.3 is 5.32 Å². The maximum atomic E-state index is 12.7. The van der Waals surface area contributed by atoms with E-state index in [-0.39, 0.29) is 5.91 Å². The summed E-state index contributed by atoms with van der Waals surface area (Å²) in [7, 11) is 0. The monoisotopic (exact) mass is 293 g/mol. The Kier molecular flexibility index (Phi) is 4.28. The average molecular weight is 293 g/mol. The van der Waals surface area contributed by atoms with Gasteiger partial charge in [0.25, 0.3) is 5.91 Å². The first-order valence-electron chi connectivity index (χ1n) is 8.18. The molecule has 0 unspecified atom stereocenters. The van der Waals surface area contributed by atoms with Gasteiger partial charge in [0.15, 0.2) is 0 Å². The lowest BCUT2D eigenvalue weighted by Gasteiger charge is -2.20. The van der Waals surface area contributed by atoms with E-state index in [1.165, 1.54) is 29.5 Å². The molecule has 0 radical (unpaired) electrons. The van der Waals surface area contributed by atoms with E-state index in [9.17, 15) is 4.79 Å². The highest BCUT2D eigenvalue weighted by molar-refractivity contribution is 6.06. The number of hydrogen-bond donors (Lipinski definition) is 1. The van der Waals surface area contributed by atoms with Crippen molar-refractivity contribution in [1.82, 2.24) is 0 Å². The van der Waals surface area contributed by atoms with Crippen molar-refractivity contribution in [3.63, 3.8) is 0 Å². The number of fused-ring (bicyclic) bond motifs is 1. The Morgan fingerprint density at radius 3 is 2.59 bits per heavy atom. The van der Waals surface area contributed by atoms with E-state index in [0.29, 0.717) is 5.92 Å². The molecule has 1 N–H and O–H groups in total. The second-order valence-electron chi connectivity index (χ2n) is 6.35. The van der Waals surface area contributed by atoms with Gasteiger partial charge in [-0.1, -0.05) is 44.2 Å². The minimum absolute atomic E-state index is 0.0202. The van der Waals surface area contributed by atoms with Crippen molar-refractivity contribution in [2.45, 2.75) is 45.4 Å². The van der Waals surface area contributed by atoms with Crippen molar-refractivity contribution >= 4 is 11.6 Å². The molecular weight excluding hydrogens is 270 g/mol. The second-order valence-corrected chi connectivity index (χ2v) is 6.35. The Morgan fingerprint density at radius 1 is 1.00 bits per heavy atom. The highest BCUT2D eigenvalue weighted by Crippen LogP contribution is 2.27. The summed E-state index contributed by atoms with van der Waals surface area (Å²) in [5.41, 5.74) is 5.54. The number of hydrogen-bond acceptors (Lipinski definition) is 1. The second kappa shape index (κ2) is 6.35. The van der Waals surface area contributed by atoms with E-state index in [0.717, 1.165) is 24.1 Å². The van der Waals surface area contributed by atoms with E-state index in [4.69, 9.17) is 0 Å². The van der Waals surface area contributed by atoms with Crippen LogP contribution in [-0.4, -0.2) is 5.91 Å². The maximum absolute atomic E-state index is 12.7. The minimum atomic E-state index is 0.0202. The number of rotatable bonds is 3. The minimum Gasteiger partial charge on any atom is -0.322 e. The zero-order valence-corrected chi connectivity index (χ0v) is 13.4. The first-order valence-corrected chi connectivity index (χ1v) is 8.18. The summed E-state index contributed by atoms with van der Waals surface area (Å²) < 4.78 is 0. The molecule has 1 amide bonds. The molecule has 2 nitrogen and oxygen atoms in total. The zero-order valence-electron chi connectivity index (χ0n) is 13.4. The van der Waals surface area contributed by atoms with Crippen LogP contribution < -0.4 is 5.32 Å². The van der Waals surface area contributed by atoms with Gasteiger partial charge in [-0.3, -0.25) is 4.79 Å². The summed E-state index contributed by atoms with van der Waals surface area (Å²) in [5.74, 6) is 0.410. The normalized spacial score (nSPS) is 13.8. The van der Waals surface area contributed by atoms with Gasteiger partial charge in [-0.05, 0) is 60.4 Å². The number of aryl methyl sites for hydroxylation is 1. The highest BCUT2D eigenvalue weighted by atomic mass is 16.1. The Labute approximate surface area is 132 Å². The van der Waals surface area contributed by atoms with E-state index in [2.05, 4.69) is 31.3 Å². The molecule has 0 aliphatic heterocycles. The van der Waals surface area contributed by atoms with Crippen LogP contribution in [0.2, 0.25) is 0 Å². The summed E-state index contributed by atoms with van der Waals surface area (Å²) in [6.45, 7) is 4.30. The van der Waals surface area contributed by atoms with Crippen molar-refractivity contribution < 1.29 is 4.79 Å². The van der Waals surface area contributed by atoms with Gasteiger partial charge in [-0.25, -0.2) is 0 Å². The van der Waals surface area contributed by atoms with Gasteiger partial charge in [0.2, 0.25) is 0 Å². The first-order chi connectivity index (χ1) is 10.7. The largest absolute Gasteiger partial charge is 0.322 e. The molecule has 0 heterocycles. The highest BCUT2D eigenvalue weighted by Gasteiger charge is 2.18. The van der Waals surface area contributed by atoms with Gasteiger partial charge in [0, 0.05) is 11.3 Å². The van der Waals surface area contributed by atoms with Crippen LogP contribution in [0.1, 0.15) is 59.7 Å². The predicted octanol–water partition coefficient (Wildman–Crippen LogP) is 4.94. The molecule has 0 atom stereocenters. The number of carbonyl (C=O) groups excluding carboxylic acids is 1. The SMILES string of the molecule is CC(C)c1ccccc1NC(=O)c1cccc2c1CCCC2. The maximum Gasteiger partial charge on any atom is 0.255 e. The van der Waals surface area contributed by atoms with Crippen LogP contribution in [0.15, 0.2) is 42.5 Å². The quantitative estimate of drug-likeness (QED) is 0.853. The lowest BCUT2D eigenvalue weighted by molar-refractivity contribution is 0.102. The summed E-state index contributed by atoms with van der Waals surface area (Å²) in [6, 6.07) is 14.2. The fourth-order valence-corrected chi connectivity index (χ4v) is 3.30. The molecule has 22 heavy (non-hydrogen) atoms. The van der Waals surface area contributed by atoms with Crippen LogP contribution in [0.3, 0.4) is 0 Å². The number of benzene rings is 2. The van der Waals surface area contributed by atoms with Gasteiger partial charge >= 0.3 is 0 Å². The van der Waals surface area contributed by atoms with Crippen molar-refractivity contribution in [2.24, 2.45) is 0 Å². The Morgan fingerprint density at radius 2 is 1.77 bits per heavy atom. The first kappa shape index (κ1) is 14.8. The molecule has 1 aliphatic carbocycles. The van der Waals surface area contributed by atoms with E-state index in [1.54, 1.807) is 0 Å². The van der Waals surface area contributed by atoms with Crippen LogP contribution in [0.25, 0.3) is 0 Å². The van der Waals surface area contributed by atoms with Crippen LogP contribution in [0.4, 0.5) is 5.69 Å². The standard InChI is InChI=1S/C20H23NO/c1-14(2)16-10-5-6-13-19(16)21-20(22)18-12-7-9-15-8-3-4-11-17(15)18/h5-7,9-10,12-14H,3-4,8,11H2,1-2H3,(H,21,22). The van der Waals surface area contributed by atoms with Gasteiger partial charge in [-0.15, -0.1) is 0 Å². The zero-order chi connectivity index (χ0) is 15.5. The predicted molar refractivity (Wildman–Crippen MR) is 91.6 cm³/mol. The van der Waals surface area contributed by atoms with Gasteiger partial charge in [0.05, 0.1) is 0 Å². The molecule has 0 aromatic heterocycles. The molecule has 2 aromatic rings. The fraction of sp³-hybridized carbons (Fsp3) is 0.350. The van der Waals surface area contributed by atoms with E-state index in [1.807, 2.05) is 30.3 Å². The van der Waals surface area contributed by atoms with Gasteiger partial charge in [0.1, 0.15) is 0 Å². The molecule has 0 saturated carbocycles. The number of para-hydroxylation sites is 1. The third-order valence-corrected chi connectivity index (χ3v) is 4.47. The fourth-order valence-electron chi connectivity index (χ4n) is 3.30. The molecule has 0 fully saturated rings. The molecule has 114 valence electrons. The smallest absolute Gasteiger partial charge is 0.255 e. The molecular formula is C20H23NO. The number of nitrogens with one attached hydrogen (secondary N) is 1. The molecule has 0 bridgehead atoms. The number of anilines is 1. The van der Waals surface area contributed by atoms with E-state index < -0.39 is 0 Å². The van der Waals surface area contributed by atoms with Crippen LogP contribution in [-0.2, 0) is 12.8 Å². The topological polar surface area (TPSA) is 29.1 Å². The van der Waals surface area contributed by atoms with Crippen LogP contribution >= 0.6 is 0 Å². The third kappa shape index (κ3) is 2.92. The molecule has 3 rings (SSSR count). The Bertz CT molecular complexity index is 688. The summed E-state index contributed by atoms with van der Waals surface area (Å²) in [6.07, 6.45) is 4.53. The molecule has 1 aliphatic rings. The molecule has 2 heteroatoms. The average Bonchev–Trinajstić information content (AvgIpc) is 2.54. The lowest BCUT2D eigenvalue weighted by atomic mass is 9.88. The van der Waals surface area contributed by atoms with E-state index >= 15 is 0 Å². The number of amides is 1. The Hall–Kier alpha value is -2.09. The Balaban J connectivity index is 1.90.